The van der Waals surface area contributed by atoms with Crippen molar-refractivity contribution in [3.05, 3.63) is 66.8 Å². The van der Waals surface area contributed by atoms with Crippen LogP contribution in [0.2, 0.25) is 0 Å². The first kappa shape index (κ1) is 15.6. The minimum atomic E-state index is -0.633. The molecule has 1 amide bonds. The minimum Gasteiger partial charge on any atom is -0.319 e. The lowest BCUT2D eigenvalue weighted by atomic mass is 10.2. The number of benzene rings is 2. The number of rotatable bonds is 3. The highest BCUT2D eigenvalue weighted by Gasteiger charge is 2.16. The molecule has 0 aliphatic carbocycles. The lowest BCUT2D eigenvalue weighted by Crippen LogP contribution is -2.13. The number of nitrogens with zero attached hydrogens (tertiary/aromatic N) is 1. The van der Waals surface area contributed by atoms with Crippen LogP contribution < -0.4 is 5.32 Å². The second kappa shape index (κ2) is 6.31. The Morgan fingerprint density at radius 3 is 2.52 bits per heavy atom. The van der Waals surface area contributed by atoms with Crippen LogP contribution in [0.5, 0.6) is 0 Å². The second-order valence-electron chi connectivity index (χ2n) is 4.00. The SMILES string of the molecule is O=C(Nc1ccc(Br)cc1F)c1ccc(Br)c([N+](=O)[O-])c1. The molecule has 0 atom stereocenters. The van der Waals surface area contributed by atoms with Gasteiger partial charge in [0.05, 0.1) is 15.1 Å². The fourth-order valence-electron chi connectivity index (χ4n) is 1.58. The number of hydrogen-bond acceptors (Lipinski definition) is 3. The zero-order valence-corrected chi connectivity index (χ0v) is 13.4. The predicted molar refractivity (Wildman–Crippen MR) is 82.8 cm³/mol. The zero-order valence-electron chi connectivity index (χ0n) is 10.3. The summed E-state index contributed by atoms with van der Waals surface area (Å²) in [5, 5.41) is 13.2. The van der Waals surface area contributed by atoms with Crippen LogP contribution in [0.1, 0.15) is 10.4 Å². The van der Waals surface area contributed by atoms with E-state index in [2.05, 4.69) is 37.2 Å². The van der Waals surface area contributed by atoms with Crippen molar-refractivity contribution in [1.82, 2.24) is 0 Å². The van der Waals surface area contributed by atoms with Crippen LogP contribution in [-0.2, 0) is 0 Å². The summed E-state index contributed by atoms with van der Waals surface area (Å²) in [7, 11) is 0. The summed E-state index contributed by atoms with van der Waals surface area (Å²) in [4.78, 5) is 22.2. The number of nitrogens with one attached hydrogen (secondary N) is 1. The average molecular weight is 418 g/mol. The van der Waals surface area contributed by atoms with Crippen LogP contribution >= 0.6 is 31.9 Å². The monoisotopic (exact) mass is 416 g/mol. The third-order valence-electron chi connectivity index (χ3n) is 2.58. The van der Waals surface area contributed by atoms with Crippen molar-refractivity contribution in [1.29, 1.82) is 0 Å². The first-order valence-electron chi connectivity index (χ1n) is 5.59. The zero-order chi connectivity index (χ0) is 15.6. The molecule has 2 aromatic rings. The Kier molecular flexibility index (Phi) is 4.69. The Morgan fingerprint density at radius 1 is 1.19 bits per heavy atom. The summed E-state index contributed by atoms with van der Waals surface area (Å²) in [6, 6.07) is 8.09. The van der Waals surface area contributed by atoms with E-state index < -0.39 is 16.6 Å². The number of amides is 1. The van der Waals surface area contributed by atoms with Gasteiger partial charge in [-0.2, -0.15) is 0 Å². The van der Waals surface area contributed by atoms with Gasteiger partial charge in [0.25, 0.3) is 11.6 Å². The van der Waals surface area contributed by atoms with E-state index >= 15 is 0 Å². The van der Waals surface area contributed by atoms with Gasteiger partial charge in [-0.05, 0) is 46.3 Å². The fraction of sp³-hybridized carbons (Fsp3) is 0. The van der Waals surface area contributed by atoms with Gasteiger partial charge < -0.3 is 5.32 Å². The molecule has 5 nitrogen and oxygen atoms in total. The quantitative estimate of drug-likeness (QED) is 0.589. The number of anilines is 1. The van der Waals surface area contributed by atoms with E-state index in [-0.39, 0.29) is 21.4 Å². The van der Waals surface area contributed by atoms with E-state index in [0.29, 0.717) is 4.47 Å². The predicted octanol–water partition coefficient (Wildman–Crippen LogP) is 4.51. The molecule has 2 aromatic carbocycles. The molecule has 0 radical (unpaired) electrons. The molecule has 0 saturated carbocycles. The highest BCUT2D eigenvalue weighted by Crippen LogP contribution is 2.26. The molecule has 0 aliphatic heterocycles. The second-order valence-corrected chi connectivity index (χ2v) is 5.77. The molecule has 108 valence electrons. The summed E-state index contributed by atoms with van der Waals surface area (Å²) in [6.07, 6.45) is 0. The highest BCUT2D eigenvalue weighted by atomic mass is 79.9. The van der Waals surface area contributed by atoms with Gasteiger partial charge in [-0.3, -0.25) is 14.9 Å². The Balaban J connectivity index is 2.28. The molecule has 21 heavy (non-hydrogen) atoms. The van der Waals surface area contributed by atoms with Crippen LogP contribution in [0.15, 0.2) is 45.3 Å². The van der Waals surface area contributed by atoms with E-state index in [1.807, 2.05) is 0 Å². The maximum atomic E-state index is 13.6. The van der Waals surface area contributed by atoms with Crippen molar-refractivity contribution in [2.75, 3.05) is 5.32 Å². The number of carbonyl (C=O) groups is 1. The Hall–Kier alpha value is -1.80. The largest absolute Gasteiger partial charge is 0.319 e. The normalized spacial score (nSPS) is 10.2. The Morgan fingerprint density at radius 2 is 1.90 bits per heavy atom. The highest BCUT2D eigenvalue weighted by molar-refractivity contribution is 9.10. The molecular formula is C13H7Br2FN2O3. The van der Waals surface area contributed by atoms with Crippen molar-refractivity contribution in [3.63, 3.8) is 0 Å². The summed E-state index contributed by atoms with van der Waals surface area (Å²) in [5.41, 5.74) is -0.181. The first-order chi connectivity index (χ1) is 9.88. The minimum absolute atomic E-state index is 0.00577. The summed E-state index contributed by atoms with van der Waals surface area (Å²) >= 11 is 6.14. The maximum absolute atomic E-state index is 13.6. The van der Waals surface area contributed by atoms with Crippen molar-refractivity contribution in [2.45, 2.75) is 0 Å². The van der Waals surface area contributed by atoms with Crippen molar-refractivity contribution in [2.24, 2.45) is 0 Å². The lowest BCUT2D eigenvalue weighted by molar-refractivity contribution is -0.385. The number of carbonyl (C=O) groups excluding carboxylic acids is 1. The Bertz CT molecular complexity index is 737. The van der Waals surface area contributed by atoms with Crippen molar-refractivity contribution < 1.29 is 14.1 Å². The standard InChI is InChI=1S/C13H7Br2FN2O3/c14-8-2-4-11(10(16)6-8)17-13(19)7-1-3-9(15)12(5-7)18(20)21/h1-6H,(H,17,19). The first-order valence-corrected chi connectivity index (χ1v) is 7.17. The summed E-state index contributed by atoms with van der Waals surface area (Å²) in [6.45, 7) is 0. The molecule has 2 rings (SSSR count). The molecule has 0 unspecified atom stereocenters. The number of nitro groups is 1. The van der Waals surface area contributed by atoms with Crippen LogP contribution in [0.3, 0.4) is 0 Å². The maximum Gasteiger partial charge on any atom is 0.284 e. The summed E-state index contributed by atoms with van der Waals surface area (Å²) in [5.74, 6) is -1.24. The molecule has 0 fully saturated rings. The van der Waals surface area contributed by atoms with Gasteiger partial charge in [-0.15, -0.1) is 0 Å². The number of nitro benzene ring substituents is 1. The Labute approximate surface area is 135 Å². The molecule has 0 bridgehead atoms. The van der Waals surface area contributed by atoms with Gasteiger partial charge in [0.2, 0.25) is 0 Å². The van der Waals surface area contributed by atoms with E-state index in [4.69, 9.17) is 0 Å². The van der Waals surface area contributed by atoms with Gasteiger partial charge in [-0.1, -0.05) is 15.9 Å². The lowest BCUT2D eigenvalue weighted by Gasteiger charge is -2.07. The molecule has 0 spiro atoms. The van der Waals surface area contributed by atoms with Gasteiger partial charge >= 0.3 is 0 Å². The van der Waals surface area contributed by atoms with Gasteiger partial charge in [-0.25, -0.2) is 4.39 Å². The fourth-order valence-corrected chi connectivity index (χ4v) is 2.30. The van der Waals surface area contributed by atoms with Gasteiger partial charge in [0.1, 0.15) is 5.82 Å². The van der Waals surface area contributed by atoms with E-state index in [1.54, 1.807) is 6.07 Å². The summed E-state index contributed by atoms with van der Waals surface area (Å²) < 4.78 is 14.4. The van der Waals surface area contributed by atoms with Crippen molar-refractivity contribution in [3.8, 4) is 0 Å². The molecule has 0 saturated heterocycles. The molecular weight excluding hydrogens is 411 g/mol. The van der Waals surface area contributed by atoms with Gasteiger partial charge in [0, 0.05) is 16.1 Å². The smallest absolute Gasteiger partial charge is 0.284 e. The molecule has 0 aliphatic rings. The van der Waals surface area contributed by atoms with Crippen molar-refractivity contribution >= 4 is 49.1 Å². The van der Waals surface area contributed by atoms with E-state index in [0.717, 1.165) is 6.07 Å². The van der Waals surface area contributed by atoms with Crippen LogP contribution in [0.25, 0.3) is 0 Å². The molecule has 0 heterocycles. The van der Waals surface area contributed by atoms with Crippen LogP contribution in [0.4, 0.5) is 15.8 Å². The molecule has 1 N–H and O–H groups in total. The van der Waals surface area contributed by atoms with Gasteiger partial charge in [0.15, 0.2) is 0 Å². The molecule has 0 aromatic heterocycles. The topological polar surface area (TPSA) is 72.2 Å². The average Bonchev–Trinajstić information content (AvgIpc) is 2.42. The third-order valence-corrected chi connectivity index (χ3v) is 3.75. The third kappa shape index (κ3) is 3.64. The number of halogens is 3. The molecule has 8 heteroatoms. The van der Waals surface area contributed by atoms with E-state index in [1.165, 1.54) is 24.3 Å². The van der Waals surface area contributed by atoms with Crippen LogP contribution in [-0.4, -0.2) is 10.8 Å². The van der Waals surface area contributed by atoms with E-state index in [9.17, 15) is 19.3 Å². The number of hydrogen-bond donors (Lipinski definition) is 1. The van der Waals surface area contributed by atoms with Crippen LogP contribution in [0, 0.1) is 15.9 Å².